The van der Waals surface area contributed by atoms with Crippen LogP contribution in [-0.2, 0) is 0 Å². The van der Waals surface area contributed by atoms with Gasteiger partial charge in [-0.2, -0.15) is 26.3 Å². The predicted molar refractivity (Wildman–Crippen MR) is 184 cm³/mol. The van der Waals surface area contributed by atoms with Gasteiger partial charge in [-0.05, 0) is 60.7 Å². The molecule has 0 amide bonds. The van der Waals surface area contributed by atoms with Crippen molar-refractivity contribution in [2.45, 2.75) is 17.8 Å². The fourth-order valence-corrected chi connectivity index (χ4v) is 6.65. The normalized spacial score (nSPS) is 15.9. The van der Waals surface area contributed by atoms with E-state index >= 15 is 26.3 Å². The largest absolute Gasteiger partial charge is 0.497 e. The van der Waals surface area contributed by atoms with Gasteiger partial charge < -0.3 is 37.3 Å². The second kappa shape index (κ2) is 12.6. The Bertz CT molecular complexity index is 2260. The molecule has 0 N–H and O–H groups in total. The Labute approximate surface area is 298 Å². The molecule has 2 heterocycles. The molecule has 0 saturated heterocycles. The maximum absolute atomic E-state index is 16.7. The molecule has 6 aromatic rings. The van der Waals surface area contributed by atoms with Gasteiger partial charge in [-0.1, -0.05) is 0 Å². The summed E-state index contributed by atoms with van der Waals surface area (Å²) in [5.74, 6) is -16.5. The zero-order valence-electron chi connectivity index (χ0n) is 29.0. The molecule has 2 aromatic heterocycles. The van der Waals surface area contributed by atoms with E-state index in [1.165, 1.54) is 115 Å². The van der Waals surface area contributed by atoms with Gasteiger partial charge in [-0.25, -0.2) is 0 Å². The SMILES string of the molecule is COc1ccc2c(C3=C(c4c(-c5ccc(OC)c(OC)c5)oc5cc(OC)ccc45)C(F)(F)C(F)(F)C3(F)F)c(-c3ccc(OC)c(OC)c3)oc2c1. The van der Waals surface area contributed by atoms with Crippen LogP contribution in [0.1, 0.15) is 11.1 Å². The van der Waals surface area contributed by atoms with E-state index in [2.05, 4.69) is 0 Å². The van der Waals surface area contributed by atoms with Crippen LogP contribution < -0.4 is 28.4 Å². The van der Waals surface area contributed by atoms with Crippen LogP contribution in [0.2, 0.25) is 0 Å². The number of alkyl halides is 6. The smallest absolute Gasteiger partial charge is 0.380 e. The Morgan fingerprint density at radius 2 is 0.811 bits per heavy atom. The monoisotopic (exact) mass is 740 g/mol. The lowest BCUT2D eigenvalue weighted by Crippen LogP contribution is -2.48. The minimum absolute atomic E-state index is 0.0379. The highest BCUT2D eigenvalue weighted by atomic mass is 19.3. The zero-order chi connectivity index (χ0) is 38.0. The van der Waals surface area contributed by atoms with Crippen molar-refractivity contribution in [3.8, 4) is 57.1 Å². The van der Waals surface area contributed by atoms with Crippen molar-refractivity contribution in [1.29, 1.82) is 0 Å². The van der Waals surface area contributed by atoms with Gasteiger partial charge in [0.2, 0.25) is 0 Å². The molecule has 1 aliphatic rings. The van der Waals surface area contributed by atoms with E-state index in [-0.39, 0.29) is 67.6 Å². The van der Waals surface area contributed by atoms with Crippen LogP contribution in [-0.4, -0.2) is 60.4 Å². The van der Waals surface area contributed by atoms with Crippen LogP contribution in [0.25, 0.3) is 55.7 Å². The van der Waals surface area contributed by atoms with E-state index in [0.717, 1.165) is 0 Å². The first-order chi connectivity index (χ1) is 25.3. The summed E-state index contributed by atoms with van der Waals surface area (Å²) in [6.45, 7) is 0. The molecule has 0 radical (unpaired) electrons. The lowest BCUT2D eigenvalue weighted by Gasteiger charge is -2.26. The maximum Gasteiger partial charge on any atom is 0.380 e. The van der Waals surface area contributed by atoms with Crippen molar-refractivity contribution in [3.63, 3.8) is 0 Å². The fourth-order valence-electron chi connectivity index (χ4n) is 6.65. The number of hydrogen-bond acceptors (Lipinski definition) is 8. The number of halogens is 6. The van der Waals surface area contributed by atoms with Crippen molar-refractivity contribution < 1.29 is 63.6 Å². The number of furan rings is 2. The molecule has 276 valence electrons. The molecular formula is C39H30F6O8. The third-order valence-corrected chi connectivity index (χ3v) is 9.25. The second-order valence-electron chi connectivity index (χ2n) is 11.9. The molecule has 0 unspecified atom stereocenters. The first-order valence-electron chi connectivity index (χ1n) is 15.8. The summed E-state index contributed by atoms with van der Waals surface area (Å²) in [5.41, 5.74) is -4.87. The Balaban J connectivity index is 1.67. The topological polar surface area (TPSA) is 81.7 Å². The van der Waals surface area contributed by atoms with E-state index in [4.69, 9.17) is 37.3 Å². The first kappa shape index (κ1) is 35.5. The molecule has 7 rings (SSSR count). The Kier molecular flexibility index (Phi) is 8.46. The van der Waals surface area contributed by atoms with E-state index in [0.29, 0.717) is 0 Å². The number of fused-ring (bicyclic) bond motifs is 2. The van der Waals surface area contributed by atoms with Crippen molar-refractivity contribution in [2.24, 2.45) is 0 Å². The van der Waals surface area contributed by atoms with Crippen LogP contribution in [0.3, 0.4) is 0 Å². The van der Waals surface area contributed by atoms with Gasteiger partial charge in [0, 0.05) is 56.3 Å². The number of ether oxygens (including phenoxy) is 6. The average molecular weight is 741 g/mol. The number of benzene rings is 4. The highest BCUT2D eigenvalue weighted by Crippen LogP contribution is 2.67. The minimum atomic E-state index is -5.93. The van der Waals surface area contributed by atoms with E-state index < -0.39 is 51.6 Å². The van der Waals surface area contributed by atoms with Gasteiger partial charge in [-0.15, -0.1) is 0 Å². The van der Waals surface area contributed by atoms with Gasteiger partial charge in [0.25, 0.3) is 0 Å². The highest BCUT2D eigenvalue weighted by molar-refractivity contribution is 6.15. The van der Waals surface area contributed by atoms with Gasteiger partial charge >= 0.3 is 17.8 Å². The summed E-state index contributed by atoms with van der Waals surface area (Å²) in [6, 6.07) is 16.4. The lowest BCUT2D eigenvalue weighted by molar-refractivity contribution is -0.254. The quantitative estimate of drug-likeness (QED) is 0.128. The Morgan fingerprint density at radius 1 is 0.434 bits per heavy atom. The van der Waals surface area contributed by atoms with Crippen LogP contribution in [0.15, 0.2) is 81.6 Å². The molecule has 4 aromatic carbocycles. The van der Waals surface area contributed by atoms with Crippen LogP contribution >= 0.6 is 0 Å². The van der Waals surface area contributed by atoms with Crippen molar-refractivity contribution >= 4 is 33.1 Å². The highest BCUT2D eigenvalue weighted by Gasteiger charge is 2.81. The van der Waals surface area contributed by atoms with E-state index in [1.807, 2.05) is 0 Å². The third-order valence-electron chi connectivity index (χ3n) is 9.25. The summed E-state index contributed by atoms with van der Waals surface area (Å²) in [5, 5.41) is -0.336. The molecule has 0 bridgehead atoms. The molecule has 14 heteroatoms. The fraction of sp³-hybridized carbons (Fsp3) is 0.231. The first-order valence-corrected chi connectivity index (χ1v) is 15.8. The molecule has 0 atom stereocenters. The van der Waals surface area contributed by atoms with Crippen LogP contribution in [0, 0.1) is 0 Å². The zero-order valence-corrected chi connectivity index (χ0v) is 29.0. The molecule has 8 nitrogen and oxygen atoms in total. The summed E-state index contributed by atoms with van der Waals surface area (Å²) in [4.78, 5) is 0. The molecule has 0 saturated carbocycles. The number of hydrogen-bond donors (Lipinski definition) is 0. The van der Waals surface area contributed by atoms with Crippen molar-refractivity contribution in [2.75, 3.05) is 42.7 Å². The number of rotatable bonds is 10. The second-order valence-corrected chi connectivity index (χ2v) is 11.9. The average Bonchev–Trinajstić information content (AvgIpc) is 3.75. The Hall–Kier alpha value is -5.92. The summed E-state index contributed by atoms with van der Waals surface area (Å²) in [6.07, 6.45) is 0. The minimum Gasteiger partial charge on any atom is -0.497 e. The molecule has 0 aliphatic heterocycles. The standard InChI is InChI=1S/C39H30F6O8/c1-46-21-9-11-23-27(17-21)52-35(19-7-13-25(48-3)29(15-19)50-5)31(23)33-34(38(42,43)39(44,45)37(33,40)41)32-24-12-10-22(47-2)18-28(24)53-36(32)20-8-14-26(49-4)30(16-20)51-6/h7-18H,1-6H3. The van der Waals surface area contributed by atoms with E-state index in [9.17, 15) is 0 Å². The lowest BCUT2D eigenvalue weighted by atomic mass is 9.89. The molecular weight excluding hydrogens is 710 g/mol. The van der Waals surface area contributed by atoms with Crippen LogP contribution in [0.4, 0.5) is 26.3 Å². The maximum atomic E-state index is 16.7. The number of methoxy groups -OCH3 is 6. The van der Waals surface area contributed by atoms with Crippen LogP contribution in [0.5, 0.6) is 34.5 Å². The number of allylic oxidation sites excluding steroid dienone is 2. The van der Waals surface area contributed by atoms with Gasteiger partial charge in [0.15, 0.2) is 23.0 Å². The van der Waals surface area contributed by atoms with E-state index in [1.54, 1.807) is 0 Å². The predicted octanol–water partition coefficient (Wildman–Crippen LogP) is 10.4. The van der Waals surface area contributed by atoms with Gasteiger partial charge in [0.05, 0.1) is 42.7 Å². The van der Waals surface area contributed by atoms with Crippen molar-refractivity contribution in [3.05, 3.63) is 83.9 Å². The third kappa shape index (κ3) is 5.13. The summed E-state index contributed by atoms with van der Waals surface area (Å²) in [7, 11) is 8.10. The molecule has 0 fully saturated rings. The summed E-state index contributed by atoms with van der Waals surface area (Å²) >= 11 is 0. The van der Waals surface area contributed by atoms with Crippen molar-refractivity contribution in [1.82, 2.24) is 0 Å². The van der Waals surface area contributed by atoms with Gasteiger partial charge in [-0.3, -0.25) is 0 Å². The Morgan fingerprint density at radius 3 is 1.15 bits per heavy atom. The molecule has 0 spiro atoms. The van der Waals surface area contributed by atoms with Gasteiger partial charge in [0.1, 0.15) is 34.2 Å². The summed E-state index contributed by atoms with van der Waals surface area (Å²) < 4.78 is 143. The molecule has 1 aliphatic carbocycles. The molecule has 53 heavy (non-hydrogen) atoms.